The summed E-state index contributed by atoms with van der Waals surface area (Å²) in [6.45, 7) is 2.05. The summed E-state index contributed by atoms with van der Waals surface area (Å²) in [6.07, 6.45) is 7.20. The Bertz CT molecular complexity index is 308. The van der Waals surface area contributed by atoms with Crippen molar-refractivity contribution in [2.45, 2.75) is 6.92 Å². The Morgan fingerprint density at radius 1 is 1.17 bits per heavy atom. The van der Waals surface area contributed by atoms with Crippen LogP contribution in [0.4, 0.5) is 11.4 Å². The lowest BCUT2D eigenvalue weighted by atomic mass is 10.2. The average molecular weight is 159 g/mol. The van der Waals surface area contributed by atoms with Crippen LogP contribution in [0.3, 0.4) is 0 Å². The summed E-state index contributed by atoms with van der Waals surface area (Å²) in [5.74, 6) is 0.303. The molecule has 60 valence electrons. The third-order valence-corrected chi connectivity index (χ3v) is 1.68. The topological polar surface area (TPSA) is 37.6 Å². The van der Waals surface area contributed by atoms with Crippen molar-refractivity contribution in [3.8, 4) is 0 Å². The molecule has 2 heterocycles. The van der Waals surface area contributed by atoms with E-state index in [4.69, 9.17) is 0 Å². The molecule has 1 aliphatic heterocycles. The van der Waals surface area contributed by atoms with Crippen LogP contribution in [-0.2, 0) is 0 Å². The number of hydrogen-bond acceptors (Lipinski definition) is 3. The number of hydrogen-bond donors (Lipinski definition) is 0. The number of aromatic nitrogens is 1. The molecule has 12 heavy (non-hydrogen) atoms. The van der Waals surface area contributed by atoms with Gasteiger partial charge in [0.1, 0.15) is 5.69 Å². The zero-order valence-electron chi connectivity index (χ0n) is 6.81. The maximum atomic E-state index is 4.28. The number of aliphatic imine (C=N–C) groups is 2. The van der Waals surface area contributed by atoms with Crippen LogP contribution in [-0.4, -0.2) is 17.4 Å². The molecule has 0 spiro atoms. The van der Waals surface area contributed by atoms with E-state index in [-0.39, 0.29) is 0 Å². The molecule has 0 saturated carbocycles. The van der Waals surface area contributed by atoms with Gasteiger partial charge in [-0.25, -0.2) is 0 Å². The van der Waals surface area contributed by atoms with E-state index in [1.807, 2.05) is 25.4 Å². The molecule has 0 radical (unpaired) electrons. The number of nitrogens with zero attached hydrogens (tertiary/aromatic N) is 3. The van der Waals surface area contributed by atoms with Crippen molar-refractivity contribution in [3.63, 3.8) is 0 Å². The molecule has 3 heteroatoms. The number of rotatable bonds is 0. The van der Waals surface area contributed by atoms with E-state index in [1.54, 1.807) is 12.4 Å². The van der Waals surface area contributed by atoms with E-state index in [9.17, 15) is 0 Å². The Morgan fingerprint density at radius 3 is 2.75 bits per heavy atom. The van der Waals surface area contributed by atoms with E-state index in [0.717, 1.165) is 11.4 Å². The molecule has 1 atom stereocenters. The summed E-state index contributed by atoms with van der Waals surface area (Å²) < 4.78 is 0. The minimum Gasteiger partial charge on any atom is -0.262 e. The third-order valence-electron chi connectivity index (χ3n) is 1.68. The fourth-order valence-electron chi connectivity index (χ4n) is 1.02. The second-order valence-electron chi connectivity index (χ2n) is 2.78. The first-order valence-corrected chi connectivity index (χ1v) is 3.88. The molecular formula is C9H9N3. The first-order chi connectivity index (χ1) is 5.86. The highest BCUT2D eigenvalue weighted by Crippen LogP contribution is 2.27. The van der Waals surface area contributed by atoms with Crippen molar-refractivity contribution in [2.75, 3.05) is 0 Å². The first kappa shape index (κ1) is 7.16. The molecular weight excluding hydrogens is 150 g/mol. The van der Waals surface area contributed by atoms with Crippen molar-refractivity contribution >= 4 is 23.8 Å². The minimum atomic E-state index is 0.303. The van der Waals surface area contributed by atoms with Gasteiger partial charge >= 0.3 is 0 Å². The molecule has 0 aromatic carbocycles. The molecule has 1 aromatic rings. The molecule has 0 fully saturated rings. The third kappa shape index (κ3) is 1.25. The van der Waals surface area contributed by atoms with Crippen molar-refractivity contribution < 1.29 is 0 Å². The Labute approximate surface area is 70.9 Å². The normalized spacial score (nSPS) is 20.2. The van der Waals surface area contributed by atoms with Crippen LogP contribution in [0, 0.1) is 5.92 Å². The van der Waals surface area contributed by atoms with Crippen LogP contribution in [0.2, 0.25) is 0 Å². The molecule has 1 unspecified atom stereocenters. The summed E-state index contributed by atoms with van der Waals surface area (Å²) >= 11 is 0. The van der Waals surface area contributed by atoms with Crippen molar-refractivity contribution in [1.82, 2.24) is 4.98 Å². The predicted octanol–water partition coefficient (Wildman–Crippen LogP) is 2.14. The van der Waals surface area contributed by atoms with Crippen LogP contribution in [0.1, 0.15) is 6.92 Å². The lowest BCUT2D eigenvalue weighted by Crippen LogP contribution is -1.93. The van der Waals surface area contributed by atoms with Crippen molar-refractivity contribution in [1.29, 1.82) is 0 Å². The van der Waals surface area contributed by atoms with Crippen LogP contribution in [0.15, 0.2) is 28.4 Å². The summed E-state index contributed by atoms with van der Waals surface area (Å²) in [5, 5.41) is 0. The van der Waals surface area contributed by atoms with Gasteiger partial charge in [-0.2, -0.15) is 0 Å². The Hall–Kier alpha value is -1.51. The fraction of sp³-hybridized carbons (Fsp3) is 0.222. The standard InChI is InChI=1S/C9H9N3/c1-7-4-11-8-2-3-10-6-9(8)12-5-7/h2-7H,1H3. The lowest BCUT2D eigenvalue weighted by molar-refractivity contribution is 1.12. The predicted molar refractivity (Wildman–Crippen MR) is 49.7 cm³/mol. The number of pyridine rings is 1. The minimum absolute atomic E-state index is 0.303. The second-order valence-corrected chi connectivity index (χ2v) is 2.78. The van der Waals surface area contributed by atoms with E-state index in [2.05, 4.69) is 15.0 Å². The monoisotopic (exact) mass is 159 g/mol. The van der Waals surface area contributed by atoms with Crippen LogP contribution in [0.25, 0.3) is 0 Å². The molecule has 0 N–H and O–H groups in total. The van der Waals surface area contributed by atoms with Gasteiger partial charge in [0.05, 0.1) is 11.9 Å². The van der Waals surface area contributed by atoms with E-state index < -0.39 is 0 Å². The molecule has 2 rings (SSSR count). The Kier molecular flexibility index (Phi) is 1.70. The van der Waals surface area contributed by atoms with Crippen LogP contribution in [0.5, 0.6) is 0 Å². The van der Waals surface area contributed by atoms with Gasteiger partial charge in [0.15, 0.2) is 0 Å². The Balaban J connectivity index is 2.52. The van der Waals surface area contributed by atoms with Gasteiger partial charge in [-0.05, 0) is 6.07 Å². The molecule has 0 aliphatic carbocycles. The smallest absolute Gasteiger partial charge is 0.106 e. The first-order valence-electron chi connectivity index (χ1n) is 3.88. The summed E-state index contributed by atoms with van der Waals surface area (Å²) in [7, 11) is 0. The van der Waals surface area contributed by atoms with Gasteiger partial charge in [-0.3, -0.25) is 15.0 Å². The molecule has 1 aliphatic rings. The summed E-state index contributed by atoms with van der Waals surface area (Å²) in [5.41, 5.74) is 1.74. The van der Waals surface area contributed by atoms with E-state index in [1.165, 1.54) is 0 Å². The van der Waals surface area contributed by atoms with Gasteiger partial charge in [0, 0.05) is 24.5 Å². The maximum absolute atomic E-state index is 4.28. The SMILES string of the molecule is CC1C=Nc2ccncc2N=C1. The highest BCUT2D eigenvalue weighted by Gasteiger charge is 2.02. The molecule has 0 amide bonds. The zero-order chi connectivity index (χ0) is 8.39. The summed E-state index contributed by atoms with van der Waals surface area (Å²) in [6, 6.07) is 1.86. The lowest BCUT2D eigenvalue weighted by Gasteiger charge is -1.94. The Morgan fingerprint density at radius 2 is 1.92 bits per heavy atom. The average Bonchev–Trinajstić information content (AvgIpc) is 2.29. The van der Waals surface area contributed by atoms with Gasteiger partial charge in [-0.1, -0.05) is 6.92 Å². The fourth-order valence-corrected chi connectivity index (χ4v) is 1.02. The molecule has 3 nitrogen and oxygen atoms in total. The quantitative estimate of drug-likeness (QED) is 0.571. The van der Waals surface area contributed by atoms with Crippen molar-refractivity contribution in [2.24, 2.45) is 15.9 Å². The largest absolute Gasteiger partial charge is 0.262 e. The summed E-state index contributed by atoms with van der Waals surface area (Å²) in [4.78, 5) is 12.5. The van der Waals surface area contributed by atoms with Gasteiger partial charge in [0.2, 0.25) is 0 Å². The van der Waals surface area contributed by atoms with E-state index >= 15 is 0 Å². The van der Waals surface area contributed by atoms with Crippen LogP contribution < -0.4 is 0 Å². The zero-order valence-corrected chi connectivity index (χ0v) is 6.81. The molecule has 0 saturated heterocycles. The van der Waals surface area contributed by atoms with Gasteiger partial charge < -0.3 is 0 Å². The molecule has 0 bridgehead atoms. The van der Waals surface area contributed by atoms with E-state index in [0.29, 0.717) is 5.92 Å². The maximum Gasteiger partial charge on any atom is 0.106 e. The van der Waals surface area contributed by atoms with Crippen molar-refractivity contribution in [3.05, 3.63) is 18.5 Å². The second kappa shape index (κ2) is 2.85. The highest BCUT2D eigenvalue weighted by atomic mass is 14.9. The van der Waals surface area contributed by atoms with Gasteiger partial charge in [0.25, 0.3) is 0 Å². The molecule has 1 aromatic heterocycles. The van der Waals surface area contributed by atoms with Gasteiger partial charge in [-0.15, -0.1) is 0 Å². The van der Waals surface area contributed by atoms with Crippen LogP contribution >= 0.6 is 0 Å². The number of fused-ring (bicyclic) bond motifs is 1. The highest BCUT2D eigenvalue weighted by molar-refractivity contribution is 5.89.